The number of carbonyl (C=O) groups excluding carboxylic acids is 2. The molecule has 0 unspecified atom stereocenters. The van der Waals surface area contributed by atoms with Gasteiger partial charge in [0.15, 0.2) is 0 Å². The summed E-state index contributed by atoms with van der Waals surface area (Å²) in [6.07, 6.45) is 1.49. The van der Waals surface area contributed by atoms with E-state index in [1.54, 1.807) is 37.3 Å². The second-order valence-corrected chi connectivity index (χ2v) is 6.75. The van der Waals surface area contributed by atoms with Crippen molar-refractivity contribution in [2.24, 2.45) is 0 Å². The molecule has 1 aromatic carbocycles. The molecule has 28 heavy (non-hydrogen) atoms. The van der Waals surface area contributed by atoms with Crippen LogP contribution in [-0.4, -0.2) is 67.6 Å². The van der Waals surface area contributed by atoms with E-state index in [-0.39, 0.29) is 11.8 Å². The van der Waals surface area contributed by atoms with Crippen LogP contribution in [0.15, 0.2) is 41.0 Å². The van der Waals surface area contributed by atoms with Crippen molar-refractivity contribution >= 4 is 17.5 Å². The van der Waals surface area contributed by atoms with E-state index in [0.29, 0.717) is 35.7 Å². The van der Waals surface area contributed by atoms with Gasteiger partial charge in [0.1, 0.15) is 5.76 Å². The lowest BCUT2D eigenvalue weighted by Gasteiger charge is -2.34. The minimum absolute atomic E-state index is 0.0213. The third-order valence-electron chi connectivity index (χ3n) is 4.91. The Morgan fingerprint density at radius 2 is 1.82 bits per heavy atom. The summed E-state index contributed by atoms with van der Waals surface area (Å²) in [5, 5.41) is 2.82. The van der Waals surface area contributed by atoms with Gasteiger partial charge in [-0.1, -0.05) is 0 Å². The highest BCUT2D eigenvalue weighted by molar-refractivity contribution is 6.05. The summed E-state index contributed by atoms with van der Waals surface area (Å²) in [6.45, 7) is 9.24. The number of nitrogens with one attached hydrogen (secondary N) is 1. The summed E-state index contributed by atoms with van der Waals surface area (Å²) >= 11 is 0. The minimum atomic E-state index is -0.228. The summed E-state index contributed by atoms with van der Waals surface area (Å²) in [4.78, 5) is 29.1. The van der Waals surface area contributed by atoms with Crippen molar-refractivity contribution in [1.82, 2.24) is 9.80 Å². The number of nitrogens with zero attached hydrogens (tertiary/aromatic N) is 2. The predicted octanol–water partition coefficient (Wildman–Crippen LogP) is 2.63. The Kier molecular flexibility index (Phi) is 6.84. The highest BCUT2D eigenvalue weighted by Gasteiger charge is 2.22. The van der Waals surface area contributed by atoms with Crippen molar-refractivity contribution in [3.05, 3.63) is 53.5 Å². The number of hydrogen-bond acceptors (Lipinski definition) is 5. The zero-order valence-electron chi connectivity index (χ0n) is 16.4. The molecule has 0 bridgehead atoms. The molecular formula is C21H27N3O4. The number of rotatable bonds is 7. The first kappa shape index (κ1) is 20.1. The SMILES string of the molecule is CCOCCN1CCN(C(=O)c2ccc(NC(=O)c3ccoc3C)cc2)CC1. The number of ether oxygens (including phenoxy) is 1. The lowest BCUT2D eigenvalue weighted by atomic mass is 10.1. The maximum atomic E-state index is 12.7. The highest BCUT2D eigenvalue weighted by atomic mass is 16.5. The highest BCUT2D eigenvalue weighted by Crippen LogP contribution is 2.16. The van der Waals surface area contributed by atoms with E-state index >= 15 is 0 Å². The van der Waals surface area contributed by atoms with Gasteiger partial charge in [0.25, 0.3) is 11.8 Å². The van der Waals surface area contributed by atoms with Crippen LogP contribution in [0.3, 0.4) is 0 Å². The number of piperazine rings is 1. The molecule has 150 valence electrons. The maximum Gasteiger partial charge on any atom is 0.259 e. The van der Waals surface area contributed by atoms with Crippen LogP contribution in [-0.2, 0) is 4.74 Å². The van der Waals surface area contributed by atoms with Gasteiger partial charge < -0.3 is 19.4 Å². The summed E-state index contributed by atoms with van der Waals surface area (Å²) in [7, 11) is 0. The van der Waals surface area contributed by atoms with E-state index in [1.165, 1.54) is 6.26 Å². The number of hydrogen-bond donors (Lipinski definition) is 1. The van der Waals surface area contributed by atoms with Crippen LogP contribution in [0.4, 0.5) is 5.69 Å². The third kappa shape index (κ3) is 4.99. The smallest absolute Gasteiger partial charge is 0.259 e. The number of aryl methyl sites for hydroxylation is 1. The average molecular weight is 385 g/mol. The van der Waals surface area contributed by atoms with E-state index in [4.69, 9.17) is 9.15 Å². The van der Waals surface area contributed by atoms with Crippen LogP contribution in [0, 0.1) is 6.92 Å². The zero-order valence-corrected chi connectivity index (χ0v) is 16.4. The van der Waals surface area contributed by atoms with Crippen LogP contribution >= 0.6 is 0 Å². The van der Waals surface area contributed by atoms with E-state index in [0.717, 1.165) is 32.8 Å². The molecule has 1 aliphatic heterocycles. The lowest BCUT2D eigenvalue weighted by Crippen LogP contribution is -2.49. The molecule has 0 aliphatic carbocycles. The van der Waals surface area contributed by atoms with E-state index < -0.39 is 0 Å². The van der Waals surface area contributed by atoms with Crippen molar-refractivity contribution in [2.45, 2.75) is 13.8 Å². The van der Waals surface area contributed by atoms with Crippen molar-refractivity contribution in [2.75, 3.05) is 51.3 Å². The van der Waals surface area contributed by atoms with Gasteiger partial charge in [-0.05, 0) is 44.2 Å². The normalized spacial score (nSPS) is 14.9. The standard InChI is InChI=1S/C21H27N3O4/c1-3-27-15-13-23-9-11-24(12-10-23)21(26)17-4-6-18(7-5-17)22-20(25)19-8-14-28-16(19)2/h4-8,14H,3,9-13,15H2,1-2H3,(H,22,25). The first-order valence-electron chi connectivity index (χ1n) is 9.63. The Labute approximate surface area is 165 Å². The van der Waals surface area contributed by atoms with Gasteiger partial charge in [-0.3, -0.25) is 14.5 Å². The van der Waals surface area contributed by atoms with Crippen LogP contribution in [0.1, 0.15) is 33.4 Å². The fraction of sp³-hybridized carbons (Fsp3) is 0.429. The molecule has 0 atom stereocenters. The number of carbonyl (C=O) groups is 2. The van der Waals surface area contributed by atoms with Crippen molar-refractivity contribution in [3.8, 4) is 0 Å². The Bertz CT molecular complexity index is 792. The van der Waals surface area contributed by atoms with E-state index in [9.17, 15) is 9.59 Å². The average Bonchev–Trinajstić information content (AvgIpc) is 3.15. The van der Waals surface area contributed by atoms with Crippen molar-refractivity contribution < 1.29 is 18.7 Å². The minimum Gasteiger partial charge on any atom is -0.469 e. The molecule has 2 aromatic rings. The molecule has 1 saturated heterocycles. The molecule has 0 saturated carbocycles. The molecule has 1 N–H and O–H groups in total. The molecular weight excluding hydrogens is 358 g/mol. The quantitative estimate of drug-likeness (QED) is 0.742. The molecule has 0 spiro atoms. The molecule has 7 heteroatoms. The largest absolute Gasteiger partial charge is 0.469 e. The number of benzene rings is 1. The second-order valence-electron chi connectivity index (χ2n) is 6.75. The van der Waals surface area contributed by atoms with Crippen LogP contribution in [0.25, 0.3) is 0 Å². The van der Waals surface area contributed by atoms with Crippen LogP contribution in [0.5, 0.6) is 0 Å². The number of anilines is 1. The molecule has 1 aromatic heterocycles. The van der Waals surface area contributed by atoms with Gasteiger partial charge in [0, 0.05) is 50.6 Å². The Morgan fingerprint density at radius 1 is 1.11 bits per heavy atom. The van der Waals surface area contributed by atoms with Gasteiger partial charge in [0.2, 0.25) is 0 Å². The molecule has 1 fully saturated rings. The monoisotopic (exact) mass is 385 g/mol. The van der Waals surface area contributed by atoms with Crippen LogP contribution < -0.4 is 5.32 Å². The maximum absolute atomic E-state index is 12.7. The Morgan fingerprint density at radius 3 is 2.43 bits per heavy atom. The predicted molar refractivity (Wildman–Crippen MR) is 107 cm³/mol. The summed E-state index contributed by atoms with van der Waals surface area (Å²) < 4.78 is 10.5. The first-order valence-corrected chi connectivity index (χ1v) is 9.63. The van der Waals surface area contributed by atoms with Crippen molar-refractivity contribution in [3.63, 3.8) is 0 Å². The topological polar surface area (TPSA) is 75.0 Å². The Hall–Kier alpha value is -2.64. The fourth-order valence-electron chi connectivity index (χ4n) is 3.21. The number of amides is 2. The van der Waals surface area contributed by atoms with Gasteiger partial charge in [0.05, 0.1) is 18.4 Å². The molecule has 1 aliphatic rings. The van der Waals surface area contributed by atoms with Crippen molar-refractivity contribution in [1.29, 1.82) is 0 Å². The first-order chi connectivity index (χ1) is 13.6. The molecule has 3 rings (SSSR count). The van der Waals surface area contributed by atoms with Gasteiger partial charge >= 0.3 is 0 Å². The van der Waals surface area contributed by atoms with E-state index in [2.05, 4.69) is 10.2 Å². The fourth-order valence-corrected chi connectivity index (χ4v) is 3.21. The van der Waals surface area contributed by atoms with Gasteiger partial charge in [-0.2, -0.15) is 0 Å². The molecule has 2 heterocycles. The second kappa shape index (κ2) is 9.52. The summed E-state index contributed by atoms with van der Waals surface area (Å²) in [5.41, 5.74) is 1.77. The van der Waals surface area contributed by atoms with Gasteiger partial charge in [-0.25, -0.2) is 0 Å². The van der Waals surface area contributed by atoms with Gasteiger partial charge in [-0.15, -0.1) is 0 Å². The summed E-state index contributed by atoms with van der Waals surface area (Å²) in [5.74, 6) is 0.367. The van der Waals surface area contributed by atoms with Crippen LogP contribution in [0.2, 0.25) is 0 Å². The molecule has 7 nitrogen and oxygen atoms in total. The Balaban J connectivity index is 1.51. The molecule has 0 radical (unpaired) electrons. The number of furan rings is 1. The summed E-state index contributed by atoms with van der Waals surface area (Å²) in [6, 6.07) is 8.64. The lowest BCUT2D eigenvalue weighted by molar-refractivity contribution is 0.0565. The van der Waals surface area contributed by atoms with E-state index in [1.807, 2.05) is 11.8 Å². The zero-order chi connectivity index (χ0) is 19.9. The third-order valence-corrected chi connectivity index (χ3v) is 4.91. The molecule has 2 amide bonds.